The topological polar surface area (TPSA) is 64.6 Å². The van der Waals surface area contributed by atoms with Crippen molar-refractivity contribution in [1.82, 2.24) is 4.90 Å². The van der Waals surface area contributed by atoms with E-state index in [-0.39, 0.29) is 18.8 Å². The lowest BCUT2D eigenvalue weighted by Gasteiger charge is -2.31. The van der Waals surface area contributed by atoms with Crippen LogP contribution in [0.25, 0.3) is 0 Å². The molecule has 1 amide bonds. The normalized spacial score (nSPS) is 15.7. The molecule has 3 N–H and O–H groups in total. The van der Waals surface area contributed by atoms with Crippen molar-refractivity contribution >= 4 is 17.3 Å². The molecule has 0 aliphatic carbocycles. The Balaban J connectivity index is 1.58. The summed E-state index contributed by atoms with van der Waals surface area (Å²) in [5.74, 6) is -0.192. The van der Waals surface area contributed by atoms with Gasteiger partial charge in [0.2, 0.25) is 5.91 Å². The van der Waals surface area contributed by atoms with Gasteiger partial charge >= 0.3 is 6.18 Å². The highest BCUT2D eigenvalue weighted by Crippen LogP contribution is 2.34. The van der Waals surface area contributed by atoms with Crippen molar-refractivity contribution < 1.29 is 23.1 Å². The molecule has 2 aromatic carbocycles. The number of piperidine rings is 1. The molecule has 1 saturated heterocycles. The summed E-state index contributed by atoms with van der Waals surface area (Å²) in [6.45, 7) is 2.58. The first-order valence-corrected chi connectivity index (χ1v) is 9.98. The van der Waals surface area contributed by atoms with Gasteiger partial charge in [-0.1, -0.05) is 30.3 Å². The van der Waals surface area contributed by atoms with Crippen molar-refractivity contribution in [3.63, 3.8) is 0 Å². The summed E-state index contributed by atoms with van der Waals surface area (Å²) in [5, 5.41) is 14.7. The number of amides is 1. The van der Waals surface area contributed by atoms with Gasteiger partial charge in [-0.05, 0) is 55.6 Å². The maximum atomic E-state index is 13.1. The minimum absolute atomic E-state index is 0.143. The Morgan fingerprint density at radius 3 is 2.33 bits per heavy atom. The van der Waals surface area contributed by atoms with Crippen LogP contribution in [0.4, 0.5) is 24.5 Å². The molecular weight excluding hydrogens is 395 g/mol. The predicted octanol–water partition coefficient (Wildman–Crippen LogP) is 3.96. The monoisotopic (exact) mass is 421 g/mol. The first kappa shape index (κ1) is 22.1. The Labute approximate surface area is 173 Å². The molecule has 0 bridgehead atoms. The fraction of sp³-hybridized carbons (Fsp3) is 0.409. The third kappa shape index (κ3) is 5.96. The molecule has 162 valence electrons. The zero-order valence-corrected chi connectivity index (χ0v) is 16.6. The summed E-state index contributed by atoms with van der Waals surface area (Å²) < 4.78 is 39.3. The number of likely N-dealkylation sites (tertiary alicyclic amines) is 1. The van der Waals surface area contributed by atoms with Gasteiger partial charge < -0.3 is 15.7 Å². The third-order valence-corrected chi connectivity index (χ3v) is 5.32. The van der Waals surface area contributed by atoms with Crippen LogP contribution in [0.15, 0.2) is 48.5 Å². The third-order valence-electron chi connectivity index (χ3n) is 5.32. The molecule has 1 fully saturated rings. The lowest BCUT2D eigenvalue weighted by atomic mass is 9.97. The molecule has 0 saturated carbocycles. The SMILES string of the molecule is O=C(CNc1ccccc1CN1CCC(CO)CC1)Nc1ccccc1C(F)(F)F. The van der Waals surface area contributed by atoms with Crippen LogP contribution in [-0.2, 0) is 17.5 Å². The zero-order valence-electron chi connectivity index (χ0n) is 16.6. The Morgan fingerprint density at radius 1 is 1.03 bits per heavy atom. The number of aliphatic hydroxyl groups is 1. The number of hydrogen-bond donors (Lipinski definition) is 3. The first-order valence-electron chi connectivity index (χ1n) is 9.98. The van der Waals surface area contributed by atoms with Gasteiger partial charge in [0.1, 0.15) is 0 Å². The van der Waals surface area contributed by atoms with Crippen LogP contribution in [0.2, 0.25) is 0 Å². The number of rotatable bonds is 7. The predicted molar refractivity (Wildman–Crippen MR) is 110 cm³/mol. The molecule has 1 aliphatic rings. The second-order valence-corrected chi connectivity index (χ2v) is 7.50. The van der Waals surface area contributed by atoms with E-state index < -0.39 is 17.6 Å². The molecule has 2 aromatic rings. The van der Waals surface area contributed by atoms with E-state index in [2.05, 4.69) is 15.5 Å². The molecule has 0 spiro atoms. The van der Waals surface area contributed by atoms with Crippen molar-refractivity contribution in [3.05, 3.63) is 59.7 Å². The van der Waals surface area contributed by atoms with Gasteiger partial charge in [-0.25, -0.2) is 0 Å². The fourth-order valence-corrected chi connectivity index (χ4v) is 3.61. The van der Waals surface area contributed by atoms with E-state index in [1.165, 1.54) is 18.2 Å². The molecule has 3 rings (SSSR count). The molecular formula is C22H26F3N3O2. The Bertz CT molecular complexity index is 850. The Hall–Kier alpha value is -2.58. The van der Waals surface area contributed by atoms with Crippen molar-refractivity contribution in [3.8, 4) is 0 Å². The average Bonchev–Trinajstić information content (AvgIpc) is 2.73. The van der Waals surface area contributed by atoms with E-state index in [9.17, 15) is 23.1 Å². The van der Waals surface area contributed by atoms with Crippen molar-refractivity contribution in [2.75, 3.05) is 36.9 Å². The number of aliphatic hydroxyl groups excluding tert-OH is 1. The number of alkyl halides is 3. The van der Waals surface area contributed by atoms with Crippen molar-refractivity contribution in [1.29, 1.82) is 0 Å². The molecule has 1 heterocycles. The second kappa shape index (κ2) is 9.95. The van der Waals surface area contributed by atoms with Gasteiger partial charge in [-0.3, -0.25) is 9.69 Å². The number of halogens is 3. The number of nitrogens with one attached hydrogen (secondary N) is 2. The highest BCUT2D eigenvalue weighted by Gasteiger charge is 2.33. The van der Waals surface area contributed by atoms with Crippen molar-refractivity contribution in [2.24, 2.45) is 5.92 Å². The van der Waals surface area contributed by atoms with Gasteiger partial charge in [0, 0.05) is 18.8 Å². The molecule has 0 radical (unpaired) electrons. The molecule has 1 aliphatic heterocycles. The summed E-state index contributed by atoms with van der Waals surface area (Å²) in [6.07, 6.45) is -2.63. The van der Waals surface area contributed by atoms with Crippen LogP contribution < -0.4 is 10.6 Å². The summed E-state index contributed by atoms with van der Waals surface area (Å²) in [4.78, 5) is 14.6. The highest BCUT2D eigenvalue weighted by molar-refractivity contribution is 5.94. The van der Waals surface area contributed by atoms with Gasteiger partial charge in [0.25, 0.3) is 0 Å². The maximum Gasteiger partial charge on any atom is 0.418 e. The first-order chi connectivity index (χ1) is 14.4. The zero-order chi connectivity index (χ0) is 21.6. The quantitative estimate of drug-likeness (QED) is 0.633. The van der Waals surface area contributed by atoms with Crippen LogP contribution in [-0.4, -0.2) is 42.2 Å². The molecule has 8 heteroatoms. The minimum atomic E-state index is -4.53. The minimum Gasteiger partial charge on any atom is -0.396 e. The van der Waals surface area contributed by atoms with Gasteiger partial charge in [-0.2, -0.15) is 13.2 Å². The van der Waals surface area contributed by atoms with E-state index in [0.717, 1.165) is 43.2 Å². The average molecular weight is 421 g/mol. The summed E-state index contributed by atoms with van der Waals surface area (Å²) in [7, 11) is 0. The van der Waals surface area contributed by atoms with Crippen molar-refractivity contribution in [2.45, 2.75) is 25.6 Å². The molecule has 5 nitrogen and oxygen atoms in total. The number of benzene rings is 2. The number of para-hydroxylation sites is 2. The highest BCUT2D eigenvalue weighted by atomic mass is 19.4. The van der Waals surface area contributed by atoms with E-state index in [1.54, 1.807) is 0 Å². The van der Waals surface area contributed by atoms with Crippen LogP contribution in [0.1, 0.15) is 24.0 Å². The summed E-state index contributed by atoms with van der Waals surface area (Å²) >= 11 is 0. The second-order valence-electron chi connectivity index (χ2n) is 7.50. The van der Waals surface area contributed by atoms with E-state index in [1.807, 2.05) is 24.3 Å². The van der Waals surface area contributed by atoms with Gasteiger partial charge in [0.05, 0.1) is 17.8 Å². The number of hydrogen-bond acceptors (Lipinski definition) is 4. The van der Waals surface area contributed by atoms with Gasteiger partial charge in [-0.15, -0.1) is 0 Å². The van der Waals surface area contributed by atoms with Crippen LogP contribution in [0.3, 0.4) is 0 Å². The molecule has 0 aromatic heterocycles. The lowest BCUT2D eigenvalue weighted by molar-refractivity contribution is -0.137. The van der Waals surface area contributed by atoms with Crippen LogP contribution >= 0.6 is 0 Å². The summed E-state index contributed by atoms with van der Waals surface area (Å²) in [5.41, 5.74) is 0.673. The maximum absolute atomic E-state index is 13.1. The van der Waals surface area contributed by atoms with E-state index in [4.69, 9.17) is 0 Å². The largest absolute Gasteiger partial charge is 0.418 e. The number of nitrogens with zero attached hydrogens (tertiary/aromatic N) is 1. The fourth-order valence-electron chi connectivity index (χ4n) is 3.61. The molecule has 0 atom stereocenters. The standard InChI is InChI=1S/C22H26F3N3O2/c23-22(24,25)18-6-2-4-8-20(18)27-21(30)13-26-19-7-3-1-5-17(19)14-28-11-9-16(15-29)10-12-28/h1-8,16,26,29H,9-15H2,(H,27,30). The molecule has 30 heavy (non-hydrogen) atoms. The Morgan fingerprint density at radius 2 is 1.67 bits per heavy atom. The number of anilines is 2. The van der Waals surface area contributed by atoms with Gasteiger partial charge in [0.15, 0.2) is 0 Å². The van der Waals surface area contributed by atoms with Crippen LogP contribution in [0, 0.1) is 5.92 Å². The molecule has 0 unspecified atom stereocenters. The number of carbonyl (C=O) groups is 1. The Kier molecular flexibility index (Phi) is 7.33. The van der Waals surface area contributed by atoms with E-state index >= 15 is 0 Å². The lowest BCUT2D eigenvalue weighted by Crippen LogP contribution is -2.34. The van der Waals surface area contributed by atoms with Crippen LogP contribution in [0.5, 0.6) is 0 Å². The summed E-state index contributed by atoms with van der Waals surface area (Å²) in [6, 6.07) is 12.5. The smallest absolute Gasteiger partial charge is 0.396 e. The van der Waals surface area contributed by atoms with E-state index in [0.29, 0.717) is 12.5 Å². The number of carbonyl (C=O) groups excluding carboxylic acids is 1.